The number of nitrogens with zero attached hydrogens (tertiary/aromatic N) is 2. The van der Waals surface area contributed by atoms with Gasteiger partial charge in [-0.2, -0.15) is 16.9 Å². The molecule has 1 aromatic rings. The summed E-state index contributed by atoms with van der Waals surface area (Å²) >= 11 is 5.40. The fourth-order valence-electron chi connectivity index (χ4n) is 1.53. The zero-order valence-electron chi connectivity index (χ0n) is 9.46. The Bertz CT molecular complexity index is 281. The molecule has 0 spiro atoms. The Kier molecular flexibility index (Phi) is 5.71. The Labute approximate surface area is 104 Å². The molecule has 86 valence electrons. The van der Waals surface area contributed by atoms with E-state index in [4.69, 9.17) is 0 Å². The monoisotopic (exact) mass is 291 g/mol. The van der Waals surface area contributed by atoms with Crippen LogP contribution in [0.2, 0.25) is 0 Å². The number of halogens is 1. The average molecular weight is 292 g/mol. The first-order chi connectivity index (χ1) is 7.20. The van der Waals surface area contributed by atoms with Crippen LogP contribution in [0.3, 0.4) is 0 Å². The molecule has 0 aliphatic rings. The standard InChI is InChI=1S/C10H18BrN3S/c1-4-5-12-9(7-15-3)10-8(11)6-13-14(10)2/h6,9,12H,4-5,7H2,1-3H3. The summed E-state index contributed by atoms with van der Waals surface area (Å²) in [7, 11) is 1.99. The molecule has 0 saturated heterocycles. The molecule has 3 nitrogen and oxygen atoms in total. The van der Waals surface area contributed by atoms with Crippen molar-refractivity contribution in [2.45, 2.75) is 19.4 Å². The molecule has 15 heavy (non-hydrogen) atoms. The average Bonchev–Trinajstić information content (AvgIpc) is 2.54. The molecule has 1 rings (SSSR count). The summed E-state index contributed by atoms with van der Waals surface area (Å²) in [4.78, 5) is 0. The Morgan fingerprint density at radius 1 is 1.67 bits per heavy atom. The number of hydrogen-bond acceptors (Lipinski definition) is 3. The Hall–Kier alpha value is 0. The van der Waals surface area contributed by atoms with Crippen molar-refractivity contribution < 1.29 is 0 Å². The molecule has 0 aliphatic heterocycles. The molecule has 5 heteroatoms. The van der Waals surface area contributed by atoms with Gasteiger partial charge in [-0.25, -0.2) is 0 Å². The minimum Gasteiger partial charge on any atom is -0.308 e. The molecule has 0 radical (unpaired) electrons. The topological polar surface area (TPSA) is 29.9 Å². The van der Waals surface area contributed by atoms with Crippen LogP contribution in [0.5, 0.6) is 0 Å². The van der Waals surface area contributed by atoms with Gasteiger partial charge in [-0.05, 0) is 35.2 Å². The van der Waals surface area contributed by atoms with E-state index in [1.807, 2.05) is 29.7 Å². The molecule has 0 aromatic carbocycles. The van der Waals surface area contributed by atoms with Crippen molar-refractivity contribution in [3.8, 4) is 0 Å². The third-order valence-electron chi connectivity index (χ3n) is 2.24. The molecular formula is C10H18BrN3S. The maximum Gasteiger partial charge on any atom is 0.0700 e. The van der Waals surface area contributed by atoms with Crippen LogP contribution in [0.15, 0.2) is 10.7 Å². The van der Waals surface area contributed by atoms with Gasteiger partial charge in [0.05, 0.1) is 22.4 Å². The predicted octanol–water partition coefficient (Wildman–Crippen LogP) is 2.59. The quantitative estimate of drug-likeness (QED) is 0.874. The molecule has 0 bridgehead atoms. The highest BCUT2D eigenvalue weighted by Gasteiger charge is 2.17. The van der Waals surface area contributed by atoms with Gasteiger partial charge in [-0.15, -0.1) is 0 Å². The first-order valence-electron chi connectivity index (χ1n) is 5.10. The van der Waals surface area contributed by atoms with Crippen molar-refractivity contribution in [3.63, 3.8) is 0 Å². The third-order valence-corrected chi connectivity index (χ3v) is 3.52. The number of rotatable bonds is 6. The van der Waals surface area contributed by atoms with E-state index in [1.54, 1.807) is 0 Å². The molecular weight excluding hydrogens is 274 g/mol. The van der Waals surface area contributed by atoms with Gasteiger partial charge in [0.1, 0.15) is 0 Å². The minimum absolute atomic E-state index is 0.377. The smallest absolute Gasteiger partial charge is 0.0700 e. The van der Waals surface area contributed by atoms with Crippen LogP contribution in [0, 0.1) is 0 Å². The van der Waals surface area contributed by atoms with Crippen LogP contribution in [0.4, 0.5) is 0 Å². The molecule has 1 N–H and O–H groups in total. The van der Waals surface area contributed by atoms with Gasteiger partial charge in [0.25, 0.3) is 0 Å². The second kappa shape index (κ2) is 6.55. The van der Waals surface area contributed by atoms with E-state index < -0.39 is 0 Å². The Balaban J connectivity index is 2.78. The zero-order valence-corrected chi connectivity index (χ0v) is 11.9. The molecule has 0 fully saturated rings. The van der Waals surface area contributed by atoms with E-state index >= 15 is 0 Å². The summed E-state index contributed by atoms with van der Waals surface area (Å²) in [5.41, 5.74) is 1.23. The van der Waals surface area contributed by atoms with Crippen LogP contribution in [0.25, 0.3) is 0 Å². The van der Waals surface area contributed by atoms with E-state index in [-0.39, 0.29) is 0 Å². The molecule has 1 aromatic heterocycles. The van der Waals surface area contributed by atoms with Crippen LogP contribution in [-0.4, -0.2) is 28.3 Å². The van der Waals surface area contributed by atoms with Gasteiger partial charge in [-0.1, -0.05) is 6.92 Å². The Morgan fingerprint density at radius 3 is 2.87 bits per heavy atom. The Morgan fingerprint density at radius 2 is 2.40 bits per heavy atom. The normalized spacial score (nSPS) is 13.1. The number of aryl methyl sites for hydroxylation is 1. The molecule has 0 aliphatic carbocycles. The summed E-state index contributed by atoms with van der Waals surface area (Å²) in [5, 5.41) is 7.79. The second-order valence-electron chi connectivity index (χ2n) is 3.46. The predicted molar refractivity (Wildman–Crippen MR) is 70.3 cm³/mol. The first kappa shape index (κ1) is 13.1. The number of hydrogen-bond donors (Lipinski definition) is 1. The minimum atomic E-state index is 0.377. The van der Waals surface area contributed by atoms with Gasteiger partial charge >= 0.3 is 0 Å². The summed E-state index contributed by atoms with van der Waals surface area (Å²) < 4.78 is 3.03. The lowest BCUT2D eigenvalue weighted by Gasteiger charge is -2.18. The maximum absolute atomic E-state index is 4.25. The lowest BCUT2D eigenvalue weighted by atomic mass is 10.2. The number of nitrogens with one attached hydrogen (secondary N) is 1. The van der Waals surface area contributed by atoms with Crippen molar-refractivity contribution in [2.75, 3.05) is 18.6 Å². The fraction of sp³-hybridized carbons (Fsp3) is 0.700. The fourth-order valence-corrected chi connectivity index (χ4v) is 2.77. The SMILES string of the molecule is CCCNC(CSC)c1c(Br)cnn1C. The highest BCUT2D eigenvalue weighted by atomic mass is 79.9. The van der Waals surface area contributed by atoms with Crippen LogP contribution in [0.1, 0.15) is 25.1 Å². The van der Waals surface area contributed by atoms with Gasteiger partial charge < -0.3 is 5.32 Å². The molecule has 0 saturated carbocycles. The summed E-state index contributed by atoms with van der Waals surface area (Å²) in [6.07, 6.45) is 5.14. The third kappa shape index (κ3) is 3.50. The summed E-state index contributed by atoms with van der Waals surface area (Å²) in [6.45, 7) is 3.23. The summed E-state index contributed by atoms with van der Waals surface area (Å²) in [6, 6.07) is 0.377. The first-order valence-corrected chi connectivity index (χ1v) is 7.29. The summed E-state index contributed by atoms with van der Waals surface area (Å²) in [5.74, 6) is 1.07. The highest BCUT2D eigenvalue weighted by Crippen LogP contribution is 2.24. The van der Waals surface area contributed by atoms with Crippen LogP contribution in [-0.2, 0) is 7.05 Å². The van der Waals surface area contributed by atoms with Crippen molar-refractivity contribution in [3.05, 3.63) is 16.4 Å². The second-order valence-corrected chi connectivity index (χ2v) is 5.23. The highest BCUT2D eigenvalue weighted by molar-refractivity contribution is 9.10. The molecule has 1 unspecified atom stereocenters. The number of aromatic nitrogens is 2. The van der Waals surface area contributed by atoms with Gasteiger partial charge in [-0.3, -0.25) is 4.68 Å². The van der Waals surface area contributed by atoms with E-state index in [0.717, 1.165) is 23.2 Å². The molecule has 0 amide bonds. The maximum atomic E-state index is 4.25. The van der Waals surface area contributed by atoms with E-state index in [1.165, 1.54) is 5.69 Å². The largest absolute Gasteiger partial charge is 0.308 e. The van der Waals surface area contributed by atoms with Gasteiger partial charge in [0.2, 0.25) is 0 Å². The van der Waals surface area contributed by atoms with Crippen LogP contribution < -0.4 is 5.32 Å². The van der Waals surface area contributed by atoms with Crippen molar-refractivity contribution >= 4 is 27.7 Å². The van der Waals surface area contributed by atoms with Gasteiger partial charge in [0, 0.05) is 12.8 Å². The van der Waals surface area contributed by atoms with Crippen LogP contribution >= 0.6 is 27.7 Å². The van der Waals surface area contributed by atoms with E-state index in [2.05, 4.69) is 39.5 Å². The van der Waals surface area contributed by atoms with Gasteiger partial charge in [0.15, 0.2) is 0 Å². The molecule has 1 atom stereocenters. The van der Waals surface area contributed by atoms with E-state index in [9.17, 15) is 0 Å². The lowest BCUT2D eigenvalue weighted by Crippen LogP contribution is -2.26. The lowest BCUT2D eigenvalue weighted by molar-refractivity contribution is 0.533. The zero-order chi connectivity index (χ0) is 11.3. The van der Waals surface area contributed by atoms with E-state index in [0.29, 0.717) is 6.04 Å². The van der Waals surface area contributed by atoms with Crippen molar-refractivity contribution in [1.82, 2.24) is 15.1 Å². The van der Waals surface area contributed by atoms with Crippen molar-refractivity contribution in [2.24, 2.45) is 7.05 Å². The molecule has 1 heterocycles. The number of thioether (sulfide) groups is 1. The van der Waals surface area contributed by atoms with Crippen molar-refractivity contribution in [1.29, 1.82) is 0 Å².